The van der Waals surface area contributed by atoms with Gasteiger partial charge in [-0.25, -0.2) is 0 Å². The molecule has 0 bridgehead atoms. The van der Waals surface area contributed by atoms with Crippen LogP contribution in [0.4, 0.5) is 5.69 Å². The zero-order valence-electron chi connectivity index (χ0n) is 14.6. The summed E-state index contributed by atoms with van der Waals surface area (Å²) in [7, 11) is 0. The van der Waals surface area contributed by atoms with E-state index in [-0.39, 0.29) is 0 Å². The topological polar surface area (TPSA) is 30.5 Å². The molecule has 1 N–H and O–H groups in total. The largest absolute Gasteiger partial charge is 0.486 e. The van der Waals surface area contributed by atoms with Crippen LogP contribution in [0.3, 0.4) is 0 Å². The minimum atomic E-state index is 0.356. The van der Waals surface area contributed by atoms with Gasteiger partial charge in [-0.3, -0.25) is 0 Å². The van der Waals surface area contributed by atoms with Crippen LogP contribution < -0.4 is 14.8 Å². The van der Waals surface area contributed by atoms with E-state index in [9.17, 15) is 0 Å². The van der Waals surface area contributed by atoms with E-state index in [4.69, 9.17) is 32.7 Å². The van der Waals surface area contributed by atoms with Crippen molar-refractivity contribution in [2.45, 2.75) is 6.54 Å². The Morgan fingerprint density at radius 1 is 0.889 bits per heavy atom. The third-order valence-electron chi connectivity index (χ3n) is 3.73. The fourth-order valence-electron chi connectivity index (χ4n) is 2.46. The monoisotopic (exact) mass is 399 g/mol. The quantitative estimate of drug-likeness (QED) is 0.415. The van der Waals surface area contributed by atoms with Crippen molar-refractivity contribution < 1.29 is 9.47 Å². The van der Waals surface area contributed by atoms with Crippen LogP contribution in [0.2, 0.25) is 10.0 Å². The maximum atomic E-state index is 6.26. The second-order valence-electron chi connectivity index (χ2n) is 5.78. The predicted molar refractivity (Wildman–Crippen MR) is 112 cm³/mol. The molecule has 0 aliphatic heterocycles. The number of para-hydroxylation sites is 1. The lowest BCUT2D eigenvalue weighted by Gasteiger charge is -2.12. The zero-order valence-corrected chi connectivity index (χ0v) is 16.1. The Balaban J connectivity index is 1.60. The van der Waals surface area contributed by atoms with E-state index in [0.717, 1.165) is 22.7 Å². The molecule has 0 unspecified atom stereocenters. The van der Waals surface area contributed by atoms with Crippen LogP contribution in [0.1, 0.15) is 5.56 Å². The van der Waals surface area contributed by atoms with E-state index in [0.29, 0.717) is 28.9 Å². The molecule has 3 aromatic carbocycles. The van der Waals surface area contributed by atoms with Crippen LogP contribution >= 0.6 is 23.2 Å². The molecule has 0 aromatic heterocycles. The zero-order chi connectivity index (χ0) is 19.1. The summed E-state index contributed by atoms with van der Waals surface area (Å²) >= 11 is 12.5. The third kappa shape index (κ3) is 5.43. The molecule has 0 atom stereocenters. The first kappa shape index (κ1) is 19.2. The van der Waals surface area contributed by atoms with Crippen molar-refractivity contribution in [2.75, 3.05) is 11.9 Å². The van der Waals surface area contributed by atoms with Gasteiger partial charge in [-0.2, -0.15) is 0 Å². The third-order valence-corrected chi connectivity index (χ3v) is 4.29. The number of ether oxygens (including phenoxy) is 2. The lowest BCUT2D eigenvalue weighted by Crippen LogP contribution is -2.01. The molecule has 0 radical (unpaired) electrons. The Kier molecular flexibility index (Phi) is 6.64. The number of hydrogen-bond donors (Lipinski definition) is 1. The maximum Gasteiger partial charge on any atom is 0.156 e. The van der Waals surface area contributed by atoms with Gasteiger partial charge < -0.3 is 14.8 Å². The van der Waals surface area contributed by atoms with Gasteiger partial charge in [-0.15, -0.1) is 0 Å². The molecular weight excluding hydrogens is 381 g/mol. The van der Waals surface area contributed by atoms with Gasteiger partial charge in [0.05, 0.1) is 10.0 Å². The molecule has 3 aromatic rings. The summed E-state index contributed by atoms with van der Waals surface area (Å²) in [6.07, 6.45) is 1.65. The van der Waals surface area contributed by atoms with Crippen molar-refractivity contribution in [1.82, 2.24) is 0 Å². The average Bonchev–Trinajstić information content (AvgIpc) is 2.68. The highest BCUT2D eigenvalue weighted by Gasteiger charge is 2.09. The van der Waals surface area contributed by atoms with Gasteiger partial charge in [0.1, 0.15) is 18.1 Å². The standard InChI is InChI=1S/C22H19Cl2NO2/c1-2-12-26-22-20(23)13-16(14-21(22)24)15-25-17-8-10-19(11-9-17)27-18-6-4-3-5-7-18/h2-11,13-14,25H,1,12,15H2. The molecular formula is C22H19Cl2NO2. The summed E-state index contributed by atoms with van der Waals surface area (Å²) in [6.45, 7) is 4.55. The van der Waals surface area contributed by atoms with Gasteiger partial charge in [-0.1, -0.05) is 54.1 Å². The van der Waals surface area contributed by atoms with Crippen molar-refractivity contribution in [1.29, 1.82) is 0 Å². The Morgan fingerprint density at radius 2 is 1.52 bits per heavy atom. The lowest BCUT2D eigenvalue weighted by atomic mass is 10.2. The van der Waals surface area contributed by atoms with E-state index in [2.05, 4.69) is 11.9 Å². The minimum Gasteiger partial charge on any atom is -0.486 e. The number of benzene rings is 3. The Morgan fingerprint density at radius 3 is 2.15 bits per heavy atom. The summed E-state index contributed by atoms with van der Waals surface area (Å²) < 4.78 is 11.3. The van der Waals surface area contributed by atoms with Crippen LogP contribution in [0.5, 0.6) is 17.2 Å². The number of anilines is 1. The molecule has 3 nitrogen and oxygen atoms in total. The Labute approximate surface area is 169 Å². The van der Waals surface area contributed by atoms with Gasteiger partial charge in [0, 0.05) is 12.2 Å². The van der Waals surface area contributed by atoms with Crippen LogP contribution in [0.15, 0.2) is 79.4 Å². The summed E-state index contributed by atoms with van der Waals surface area (Å²) in [6, 6.07) is 21.1. The fraction of sp³-hybridized carbons (Fsp3) is 0.0909. The van der Waals surface area contributed by atoms with Crippen LogP contribution in [-0.4, -0.2) is 6.61 Å². The molecule has 0 saturated heterocycles. The first-order valence-electron chi connectivity index (χ1n) is 8.44. The molecule has 3 rings (SSSR count). The van der Waals surface area contributed by atoms with Gasteiger partial charge in [0.25, 0.3) is 0 Å². The van der Waals surface area contributed by atoms with Gasteiger partial charge >= 0.3 is 0 Å². The summed E-state index contributed by atoms with van der Waals surface area (Å²) in [5, 5.41) is 4.30. The molecule has 0 aliphatic rings. The SMILES string of the molecule is C=CCOc1c(Cl)cc(CNc2ccc(Oc3ccccc3)cc2)cc1Cl. The van der Waals surface area contributed by atoms with E-state index >= 15 is 0 Å². The minimum absolute atomic E-state index is 0.356. The van der Waals surface area contributed by atoms with Crippen molar-refractivity contribution >= 4 is 28.9 Å². The van der Waals surface area contributed by atoms with E-state index in [1.54, 1.807) is 6.08 Å². The fourth-order valence-corrected chi connectivity index (χ4v) is 3.11. The lowest BCUT2D eigenvalue weighted by molar-refractivity contribution is 0.363. The molecule has 0 saturated carbocycles. The summed E-state index contributed by atoms with van der Waals surface area (Å²) in [5.74, 6) is 2.06. The highest BCUT2D eigenvalue weighted by molar-refractivity contribution is 6.37. The second-order valence-corrected chi connectivity index (χ2v) is 6.60. The second kappa shape index (κ2) is 9.36. The average molecular weight is 400 g/mol. The van der Waals surface area contributed by atoms with Crippen molar-refractivity contribution in [3.63, 3.8) is 0 Å². The number of halogens is 2. The van der Waals surface area contributed by atoms with Crippen molar-refractivity contribution in [2.24, 2.45) is 0 Å². The highest BCUT2D eigenvalue weighted by Crippen LogP contribution is 2.34. The highest BCUT2D eigenvalue weighted by atomic mass is 35.5. The molecule has 27 heavy (non-hydrogen) atoms. The Bertz CT molecular complexity index is 873. The molecule has 0 spiro atoms. The van der Waals surface area contributed by atoms with E-state index in [1.165, 1.54) is 0 Å². The number of hydrogen-bond acceptors (Lipinski definition) is 3. The normalized spacial score (nSPS) is 10.3. The summed E-state index contributed by atoms with van der Waals surface area (Å²) in [4.78, 5) is 0. The van der Waals surface area contributed by atoms with Gasteiger partial charge in [0.2, 0.25) is 0 Å². The molecule has 0 fully saturated rings. The number of nitrogens with one attached hydrogen (secondary N) is 1. The maximum absolute atomic E-state index is 6.26. The van der Waals surface area contributed by atoms with Crippen LogP contribution in [0.25, 0.3) is 0 Å². The van der Waals surface area contributed by atoms with Crippen molar-refractivity contribution in [3.05, 3.63) is 95.0 Å². The first-order chi connectivity index (χ1) is 13.2. The van der Waals surface area contributed by atoms with Crippen LogP contribution in [-0.2, 0) is 6.54 Å². The van der Waals surface area contributed by atoms with Crippen LogP contribution in [0, 0.1) is 0 Å². The molecule has 0 aliphatic carbocycles. The van der Waals surface area contributed by atoms with E-state index in [1.807, 2.05) is 66.7 Å². The number of rotatable bonds is 8. The predicted octanol–water partition coefficient (Wildman–Crippen LogP) is 6.96. The molecule has 138 valence electrons. The molecule has 0 heterocycles. The smallest absolute Gasteiger partial charge is 0.156 e. The van der Waals surface area contributed by atoms with E-state index < -0.39 is 0 Å². The van der Waals surface area contributed by atoms with Gasteiger partial charge in [0.15, 0.2) is 5.75 Å². The Hall–Kier alpha value is -2.62. The molecule has 0 amide bonds. The molecule has 5 heteroatoms. The summed E-state index contributed by atoms with van der Waals surface area (Å²) in [5.41, 5.74) is 1.93. The van der Waals surface area contributed by atoms with Gasteiger partial charge in [-0.05, 0) is 54.1 Å². The van der Waals surface area contributed by atoms with Crippen molar-refractivity contribution in [3.8, 4) is 17.2 Å². The first-order valence-corrected chi connectivity index (χ1v) is 9.20.